The predicted octanol–water partition coefficient (Wildman–Crippen LogP) is 3.48. The fourth-order valence-electron chi connectivity index (χ4n) is 1.80. The van der Waals surface area contributed by atoms with Gasteiger partial charge in [-0.3, -0.25) is 0 Å². The van der Waals surface area contributed by atoms with Gasteiger partial charge in [-0.1, -0.05) is 22.0 Å². The van der Waals surface area contributed by atoms with E-state index in [1.807, 2.05) is 18.2 Å². The summed E-state index contributed by atoms with van der Waals surface area (Å²) in [4.78, 5) is 2.30. The van der Waals surface area contributed by atoms with E-state index in [0.717, 1.165) is 16.7 Å². The molecule has 0 atom stereocenters. The van der Waals surface area contributed by atoms with Crippen molar-refractivity contribution in [3.05, 3.63) is 40.9 Å². The Labute approximate surface area is 104 Å². The zero-order valence-electron chi connectivity index (χ0n) is 8.99. The lowest BCUT2D eigenvalue weighted by molar-refractivity contribution is 0.861. The number of rotatable bonds is 4. The average molecular weight is 277 g/mol. The second-order valence-corrected chi connectivity index (χ2v) is 4.90. The van der Waals surface area contributed by atoms with E-state index in [9.17, 15) is 0 Å². The van der Waals surface area contributed by atoms with Gasteiger partial charge in [-0.05, 0) is 31.0 Å². The Bertz CT molecular complexity index is 444. The van der Waals surface area contributed by atoms with E-state index in [4.69, 9.17) is 5.26 Å². The molecule has 3 heteroatoms. The molecule has 0 bridgehead atoms. The highest BCUT2D eigenvalue weighted by atomic mass is 79.9. The third-order valence-corrected chi connectivity index (χ3v) is 3.11. The van der Waals surface area contributed by atoms with Crippen molar-refractivity contribution in [1.29, 1.82) is 5.26 Å². The lowest BCUT2D eigenvalue weighted by Crippen LogP contribution is -2.25. The minimum absolute atomic E-state index is 0.624. The maximum absolute atomic E-state index is 8.94. The number of nitriles is 1. The van der Waals surface area contributed by atoms with Crippen LogP contribution in [0.15, 0.2) is 35.3 Å². The van der Waals surface area contributed by atoms with Gasteiger partial charge in [0.2, 0.25) is 0 Å². The van der Waals surface area contributed by atoms with Gasteiger partial charge in [0, 0.05) is 22.7 Å². The van der Waals surface area contributed by atoms with Crippen molar-refractivity contribution in [2.75, 3.05) is 11.4 Å². The van der Waals surface area contributed by atoms with Crippen LogP contribution < -0.4 is 4.90 Å². The summed E-state index contributed by atoms with van der Waals surface area (Å²) in [6.07, 6.45) is 4.38. The largest absolute Gasteiger partial charge is 0.365 e. The van der Waals surface area contributed by atoms with Crippen molar-refractivity contribution >= 4 is 21.6 Å². The smallest absolute Gasteiger partial charge is 0.0992 e. The van der Waals surface area contributed by atoms with Crippen LogP contribution in [0.1, 0.15) is 18.4 Å². The standard InChI is InChI=1S/C13H13BrN2/c1-2-5-16(12-3-4-12)13-7-10(9-15)6-11(14)8-13/h2,6-8,12H,1,3-5H2. The van der Waals surface area contributed by atoms with Crippen molar-refractivity contribution < 1.29 is 0 Å². The van der Waals surface area contributed by atoms with E-state index in [2.05, 4.69) is 39.5 Å². The molecule has 0 N–H and O–H groups in total. The van der Waals surface area contributed by atoms with Crippen LogP contribution in [0.5, 0.6) is 0 Å². The van der Waals surface area contributed by atoms with Gasteiger partial charge in [0.1, 0.15) is 0 Å². The number of halogens is 1. The van der Waals surface area contributed by atoms with Crippen molar-refractivity contribution in [2.24, 2.45) is 0 Å². The highest BCUT2D eigenvalue weighted by Gasteiger charge is 2.28. The molecule has 0 spiro atoms. The highest BCUT2D eigenvalue weighted by Crippen LogP contribution is 2.33. The third kappa shape index (κ3) is 2.45. The molecule has 1 aliphatic carbocycles. The first kappa shape index (κ1) is 11.2. The molecule has 2 nitrogen and oxygen atoms in total. The van der Waals surface area contributed by atoms with Crippen LogP contribution >= 0.6 is 15.9 Å². The lowest BCUT2D eigenvalue weighted by Gasteiger charge is -2.23. The molecule has 1 saturated carbocycles. The van der Waals surface area contributed by atoms with Gasteiger partial charge in [-0.25, -0.2) is 0 Å². The quantitative estimate of drug-likeness (QED) is 0.788. The fraction of sp³-hybridized carbons (Fsp3) is 0.308. The average Bonchev–Trinajstić information content (AvgIpc) is 3.08. The molecule has 0 unspecified atom stereocenters. The predicted molar refractivity (Wildman–Crippen MR) is 69.4 cm³/mol. The van der Waals surface area contributed by atoms with Gasteiger partial charge in [-0.15, -0.1) is 6.58 Å². The Kier molecular flexibility index (Phi) is 3.31. The van der Waals surface area contributed by atoms with Crippen molar-refractivity contribution in [1.82, 2.24) is 0 Å². The number of hydrogen-bond acceptors (Lipinski definition) is 2. The Balaban J connectivity index is 2.32. The van der Waals surface area contributed by atoms with E-state index in [0.29, 0.717) is 11.6 Å². The van der Waals surface area contributed by atoms with E-state index in [-0.39, 0.29) is 0 Å². The molecule has 0 saturated heterocycles. The van der Waals surface area contributed by atoms with Crippen molar-refractivity contribution in [2.45, 2.75) is 18.9 Å². The minimum Gasteiger partial charge on any atom is -0.365 e. The number of benzene rings is 1. The van der Waals surface area contributed by atoms with Gasteiger partial charge in [0.15, 0.2) is 0 Å². The number of hydrogen-bond donors (Lipinski definition) is 0. The van der Waals surface area contributed by atoms with Crippen LogP contribution in [0, 0.1) is 11.3 Å². The number of anilines is 1. The molecule has 1 aromatic rings. The zero-order chi connectivity index (χ0) is 11.5. The first-order chi connectivity index (χ1) is 7.74. The molecule has 1 aromatic carbocycles. The van der Waals surface area contributed by atoms with Crippen LogP contribution in [0.3, 0.4) is 0 Å². The van der Waals surface area contributed by atoms with Crippen LogP contribution in [0.2, 0.25) is 0 Å². The van der Waals surface area contributed by atoms with Crippen LogP contribution in [0.25, 0.3) is 0 Å². The van der Waals surface area contributed by atoms with Crippen molar-refractivity contribution in [3.8, 4) is 6.07 Å². The monoisotopic (exact) mass is 276 g/mol. The maximum Gasteiger partial charge on any atom is 0.0992 e. The second kappa shape index (κ2) is 4.71. The molecule has 2 rings (SSSR count). The third-order valence-electron chi connectivity index (χ3n) is 2.66. The highest BCUT2D eigenvalue weighted by molar-refractivity contribution is 9.10. The summed E-state index contributed by atoms with van der Waals surface area (Å²) in [6, 6.07) is 8.64. The maximum atomic E-state index is 8.94. The Hall–Kier alpha value is -1.27. The van der Waals surface area contributed by atoms with Gasteiger partial charge in [-0.2, -0.15) is 5.26 Å². The SMILES string of the molecule is C=CCN(c1cc(Br)cc(C#N)c1)C1CC1. The van der Waals surface area contributed by atoms with E-state index in [1.165, 1.54) is 12.8 Å². The normalized spacial score (nSPS) is 14.2. The van der Waals surface area contributed by atoms with Crippen LogP contribution in [-0.4, -0.2) is 12.6 Å². The Morgan fingerprint density at radius 2 is 2.25 bits per heavy atom. The topological polar surface area (TPSA) is 27.0 Å². The first-order valence-corrected chi connectivity index (χ1v) is 6.12. The molecule has 0 heterocycles. The Morgan fingerprint density at radius 1 is 1.50 bits per heavy atom. The Morgan fingerprint density at radius 3 is 2.81 bits per heavy atom. The summed E-state index contributed by atoms with van der Waals surface area (Å²) >= 11 is 3.44. The second-order valence-electron chi connectivity index (χ2n) is 3.98. The summed E-state index contributed by atoms with van der Waals surface area (Å²) in [6.45, 7) is 4.62. The van der Waals surface area contributed by atoms with Gasteiger partial charge in [0.25, 0.3) is 0 Å². The summed E-state index contributed by atoms with van der Waals surface area (Å²) in [5.74, 6) is 0. The fourth-order valence-corrected chi connectivity index (χ4v) is 2.28. The molecular weight excluding hydrogens is 264 g/mol. The van der Waals surface area contributed by atoms with Gasteiger partial charge in [0.05, 0.1) is 11.6 Å². The summed E-state index contributed by atoms with van der Waals surface area (Å²) < 4.78 is 0.955. The van der Waals surface area contributed by atoms with E-state index in [1.54, 1.807) is 0 Å². The first-order valence-electron chi connectivity index (χ1n) is 5.33. The molecule has 16 heavy (non-hydrogen) atoms. The minimum atomic E-state index is 0.624. The number of nitrogens with zero attached hydrogens (tertiary/aromatic N) is 2. The summed E-state index contributed by atoms with van der Waals surface area (Å²) in [5, 5.41) is 8.94. The molecule has 0 aliphatic heterocycles. The van der Waals surface area contributed by atoms with Gasteiger partial charge >= 0.3 is 0 Å². The van der Waals surface area contributed by atoms with E-state index < -0.39 is 0 Å². The lowest BCUT2D eigenvalue weighted by atomic mass is 10.2. The van der Waals surface area contributed by atoms with Crippen LogP contribution in [0.4, 0.5) is 5.69 Å². The molecule has 0 aromatic heterocycles. The molecule has 1 fully saturated rings. The zero-order valence-corrected chi connectivity index (χ0v) is 10.6. The van der Waals surface area contributed by atoms with Gasteiger partial charge < -0.3 is 4.90 Å². The molecule has 0 radical (unpaired) electrons. The van der Waals surface area contributed by atoms with E-state index >= 15 is 0 Å². The molecule has 1 aliphatic rings. The van der Waals surface area contributed by atoms with Crippen LogP contribution in [-0.2, 0) is 0 Å². The molecule has 82 valence electrons. The molecular formula is C13H13BrN2. The summed E-state index contributed by atoms with van der Waals surface area (Å²) in [7, 11) is 0. The molecule has 0 amide bonds. The van der Waals surface area contributed by atoms with Crippen molar-refractivity contribution in [3.63, 3.8) is 0 Å². The summed E-state index contributed by atoms with van der Waals surface area (Å²) in [5.41, 5.74) is 1.80.